The first-order valence-corrected chi connectivity index (χ1v) is 5.87. The van der Waals surface area contributed by atoms with Crippen molar-refractivity contribution in [3.8, 4) is 0 Å². The van der Waals surface area contributed by atoms with Gasteiger partial charge in [0.1, 0.15) is 0 Å². The molecule has 0 saturated carbocycles. The average Bonchev–Trinajstić information content (AvgIpc) is 1.93. The largest absolute Gasteiger partial charge is 0.0496 e. The van der Waals surface area contributed by atoms with Crippen molar-refractivity contribution >= 4 is 70.4 Å². The molecule has 0 nitrogen and oxygen atoms in total. The van der Waals surface area contributed by atoms with E-state index in [1.165, 1.54) is 3.57 Å². The Morgan fingerprint density at radius 2 is 1.60 bits per heavy atom. The number of benzene rings is 1. The highest BCUT2D eigenvalue weighted by Gasteiger charge is 2.03. The predicted molar refractivity (Wildman–Crippen MR) is 62.3 cm³/mol. The summed E-state index contributed by atoms with van der Waals surface area (Å²) in [6, 6.07) is 4.05. The van der Waals surface area contributed by atoms with Gasteiger partial charge >= 0.3 is 0 Å². The highest BCUT2D eigenvalue weighted by atomic mass is 127. The maximum absolute atomic E-state index is 3.45. The SMILES string of the molecule is Brc1ccc(I)c(Br)c1Br. The maximum Gasteiger partial charge on any atom is 0.0470 e. The second kappa shape index (κ2) is 3.87. The van der Waals surface area contributed by atoms with Crippen LogP contribution in [0.4, 0.5) is 0 Å². The van der Waals surface area contributed by atoms with Crippen molar-refractivity contribution in [1.29, 1.82) is 0 Å². The fraction of sp³-hybridized carbons (Fsp3) is 0. The van der Waals surface area contributed by atoms with Gasteiger partial charge in [0.2, 0.25) is 0 Å². The van der Waals surface area contributed by atoms with E-state index in [0.717, 1.165) is 13.4 Å². The fourth-order valence-electron chi connectivity index (χ4n) is 0.502. The molecule has 10 heavy (non-hydrogen) atoms. The van der Waals surface area contributed by atoms with E-state index in [1.54, 1.807) is 0 Å². The molecule has 0 amide bonds. The lowest BCUT2D eigenvalue weighted by Crippen LogP contribution is -1.76. The molecule has 0 aliphatic heterocycles. The molecule has 1 aromatic rings. The molecule has 0 radical (unpaired) electrons. The Morgan fingerprint density at radius 3 is 2.10 bits per heavy atom. The van der Waals surface area contributed by atoms with Crippen molar-refractivity contribution in [2.75, 3.05) is 0 Å². The van der Waals surface area contributed by atoms with E-state index in [-0.39, 0.29) is 0 Å². The number of rotatable bonds is 0. The minimum Gasteiger partial charge on any atom is -0.0496 e. The lowest BCUT2D eigenvalue weighted by Gasteiger charge is -2.00. The molecule has 54 valence electrons. The summed E-state index contributed by atoms with van der Waals surface area (Å²) < 4.78 is 4.44. The molecule has 0 aliphatic carbocycles. The van der Waals surface area contributed by atoms with Crippen LogP contribution in [0.2, 0.25) is 0 Å². The second-order valence-electron chi connectivity index (χ2n) is 1.66. The summed E-state index contributed by atoms with van der Waals surface area (Å²) in [5, 5.41) is 0. The highest BCUT2D eigenvalue weighted by molar-refractivity contribution is 14.1. The van der Waals surface area contributed by atoms with E-state index in [9.17, 15) is 0 Å². The minimum absolute atomic E-state index is 1.07. The number of halogens is 4. The molecule has 1 rings (SSSR count). The van der Waals surface area contributed by atoms with Gasteiger partial charge in [-0.15, -0.1) is 0 Å². The Kier molecular flexibility index (Phi) is 3.67. The third-order valence-electron chi connectivity index (χ3n) is 0.988. The van der Waals surface area contributed by atoms with Crippen LogP contribution in [-0.4, -0.2) is 0 Å². The van der Waals surface area contributed by atoms with Crippen molar-refractivity contribution in [3.63, 3.8) is 0 Å². The van der Waals surface area contributed by atoms with E-state index >= 15 is 0 Å². The van der Waals surface area contributed by atoms with Crippen molar-refractivity contribution < 1.29 is 0 Å². The standard InChI is InChI=1S/C6H2Br3I/c7-3-1-2-4(10)6(9)5(3)8/h1-2H. The summed E-state index contributed by atoms with van der Waals surface area (Å²) in [4.78, 5) is 0. The Bertz CT molecular complexity index is 232. The van der Waals surface area contributed by atoms with Crippen LogP contribution in [0.3, 0.4) is 0 Å². The molecule has 0 spiro atoms. The topological polar surface area (TPSA) is 0 Å². The molecule has 0 heterocycles. The van der Waals surface area contributed by atoms with E-state index in [2.05, 4.69) is 70.4 Å². The normalized spacial score (nSPS) is 10.0. The second-order valence-corrected chi connectivity index (χ2v) is 5.26. The Hall–Kier alpha value is 1.39. The lowest BCUT2D eigenvalue weighted by atomic mass is 10.4. The van der Waals surface area contributed by atoms with Crippen LogP contribution >= 0.6 is 70.4 Å². The molecule has 0 atom stereocenters. The van der Waals surface area contributed by atoms with Gasteiger partial charge in [0.25, 0.3) is 0 Å². The van der Waals surface area contributed by atoms with Crippen molar-refractivity contribution in [2.24, 2.45) is 0 Å². The summed E-state index contributed by atoms with van der Waals surface area (Å²) in [5.74, 6) is 0. The third-order valence-corrected chi connectivity index (χ3v) is 6.00. The zero-order chi connectivity index (χ0) is 7.72. The number of hydrogen-bond acceptors (Lipinski definition) is 0. The van der Waals surface area contributed by atoms with E-state index < -0.39 is 0 Å². The quantitative estimate of drug-likeness (QED) is 0.315. The zero-order valence-electron chi connectivity index (χ0n) is 4.67. The summed E-state index contributed by atoms with van der Waals surface area (Å²) in [7, 11) is 0. The van der Waals surface area contributed by atoms with Gasteiger partial charge in [-0.25, -0.2) is 0 Å². The maximum atomic E-state index is 3.45. The van der Waals surface area contributed by atoms with Crippen LogP contribution < -0.4 is 0 Å². The van der Waals surface area contributed by atoms with Crippen LogP contribution in [0.15, 0.2) is 25.6 Å². The first-order valence-electron chi connectivity index (χ1n) is 2.42. The molecule has 0 saturated heterocycles. The molecule has 4 heteroatoms. The Balaban J connectivity index is 3.34. The summed E-state index contributed by atoms with van der Waals surface area (Å²) in [6.45, 7) is 0. The average molecular weight is 441 g/mol. The van der Waals surface area contributed by atoms with Gasteiger partial charge in [0.05, 0.1) is 0 Å². The minimum atomic E-state index is 1.07. The molecule has 0 fully saturated rings. The van der Waals surface area contributed by atoms with Gasteiger partial charge in [0, 0.05) is 17.0 Å². The molecule has 0 unspecified atom stereocenters. The highest BCUT2D eigenvalue weighted by Crippen LogP contribution is 2.33. The van der Waals surface area contributed by atoms with E-state index in [4.69, 9.17) is 0 Å². The van der Waals surface area contributed by atoms with Crippen LogP contribution in [0.25, 0.3) is 0 Å². The van der Waals surface area contributed by atoms with Crippen LogP contribution in [0.5, 0.6) is 0 Å². The van der Waals surface area contributed by atoms with E-state index in [0.29, 0.717) is 0 Å². The molecule has 0 bridgehead atoms. The van der Waals surface area contributed by atoms with Gasteiger partial charge in [-0.3, -0.25) is 0 Å². The van der Waals surface area contributed by atoms with Gasteiger partial charge in [-0.1, -0.05) is 0 Å². The monoisotopic (exact) mass is 438 g/mol. The van der Waals surface area contributed by atoms with Crippen molar-refractivity contribution in [2.45, 2.75) is 0 Å². The Morgan fingerprint density at radius 1 is 1.00 bits per heavy atom. The molecule has 0 N–H and O–H groups in total. The fourth-order valence-corrected chi connectivity index (χ4v) is 2.61. The van der Waals surface area contributed by atoms with Gasteiger partial charge in [0.15, 0.2) is 0 Å². The lowest BCUT2D eigenvalue weighted by molar-refractivity contribution is 1.49. The number of hydrogen-bond donors (Lipinski definition) is 0. The van der Waals surface area contributed by atoms with Crippen molar-refractivity contribution in [3.05, 3.63) is 29.1 Å². The van der Waals surface area contributed by atoms with Crippen LogP contribution in [0, 0.1) is 3.57 Å². The smallest absolute Gasteiger partial charge is 0.0470 e. The molecular formula is C6H2Br3I. The first-order chi connectivity index (χ1) is 4.63. The van der Waals surface area contributed by atoms with E-state index in [1.807, 2.05) is 12.1 Å². The third kappa shape index (κ3) is 1.95. The van der Waals surface area contributed by atoms with Crippen LogP contribution in [-0.2, 0) is 0 Å². The van der Waals surface area contributed by atoms with Gasteiger partial charge < -0.3 is 0 Å². The Labute approximate surface area is 98.3 Å². The zero-order valence-corrected chi connectivity index (χ0v) is 11.6. The van der Waals surface area contributed by atoms with Gasteiger partial charge in [-0.05, 0) is 82.5 Å². The summed E-state index contributed by atoms with van der Waals surface area (Å²) in [5.41, 5.74) is 0. The molecule has 1 aromatic carbocycles. The summed E-state index contributed by atoms with van der Waals surface area (Å²) in [6.07, 6.45) is 0. The summed E-state index contributed by atoms with van der Waals surface area (Å²) >= 11 is 12.5. The van der Waals surface area contributed by atoms with Crippen molar-refractivity contribution in [1.82, 2.24) is 0 Å². The van der Waals surface area contributed by atoms with Gasteiger partial charge in [-0.2, -0.15) is 0 Å². The molecule has 0 aromatic heterocycles. The molecule has 0 aliphatic rings. The first kappa shape index (κ1) is 9.48. The molecular weight excluding hydrogens is 439 g/mol. The predicted octanol–water partition coefficient (Wildman–Crippen LogP) is 4.58. The van der Waals surface area contributed by atoms with Crippen LogP contribution in [0.1, 0.15) is 0 Å².